The lowest BCUT2D eigenvalue weighted by atomic mass is 10.3. The number of thiazole rings is 1. The number of nitrogens with one attached hydrogen (secondary N) is 1. The largest absolute Gasteiger partial charge is 0.461 e. The van der Waals surface area contributed by atoms with Crippen molar-refractivity contribution in [3.63, 3.8) is 0 Å². The molecule has 19 heavy (non-hydrogen) atoms. The molecule has 1 aromatic heterocycles. The van der Waals surface area contributed by atoms with Gasteiger partial charge in [0, 0.05) is 13.5 Å². The molecule has 0 radical (unpaired) electrons. The van der Waals surface area contributed by atoms with E-state index >= 15 is 0 Å². The Morgan fingerprint density at radius 2 is 2.21 bits per heavy atom. The maximum absolute atomic E-state index is 11.7. The molecule has 1 aromatic rings. The molecule has 1 aliphatic carbocycles. The highest BCUT2D eigenvalue weighted by atomic mass is 32.1. The highest BCUT2D eigenvalue weighted by molar-refractivity contribution is 7.14. The second-order valence-electron chi connectivity index (χ2n) is 4.64. The minimum atomic E-state index is -0.516. The Kier molecular flexibility index (Phi) is 4.66. The third kappa shape index (κ3) is 3.84. The fourth-order valence-corrected chi connectivity index (χ4v) is 2.64. The van der Waals surface area contributed by atoms with Gasteiger partial charge < -0.3 is 10.1 Å². The summed E-state index contributed by atoms with van der Waals surface area (Å²) in [5.74, 6) is 0.128. The van der Waals surface area contributed by atoms with Gasteiger partial charge in [0.05, 0.1) is 6.61 Å². The van der Waals surface area contributed by atoms with Crippen molar-refractivity contribution in [2.24, 2.45) is 5.92 Å². The molecule has 6 heteroatoms. The molecule has 0 amide bonds. The minimum Gasteiger partial charge on any atom is -0.461 e. The third-order valence-corrected chi connectivity index (χ3v) is 4.02. The number of Topliss-reactive ketones (excluding diaryl/α,β-unsaturated/α-hetero) is 1. The fourth-order valence-electron chi connectivity index (χ4n) is 1.72. The van der Waals surface area contributed by atoms with Crippen LogP contribution < -0.4 is 5.32 Å². The molecule has 0 bridgehead atoms. The van der Waals surface area contributed by atoms with Gasteiger partial charge >= 0.3 is 5.97 Å². The lowest BCUT2D eigenvalue weighted by Crippen LogP contribution is -2.16. The number of nitrogens with zero attached hydrogens (tertiary/aromatic N) is 1. The first kappa shape index (κ1) is 14.1. The lowest BCUT2D eigenvalue weighted by molar-refractivity contribution is 0.0517. The number of esters is 1. The van der Waals surface area contributed by atoms with Crippen LogP contribution in [-0.4, -0.2) is 29.9 Å². The van der Waals surface area contributed by atoms with E-state index in [1.807, 2.05) is 0 Å². The molecule has 0 saturated heterocycles. The molecule has 1 fully saturated rings. The molecule has 0 aromatic carbocycles. The normalized spacial score (nSPS) is 14.4. The third-order valence-electron chi connectivity index (χ3n) is 2.87. The number of rotatable bonds is 7. The minimum absolute atomic E-state index is 0.144. The van der Waals surface area contributed by atoms with Crippen LogP contribution >= 0.6 is 11.3 Å². The van der Waals surface area contributed by atoms with Crippen LogP contribution in [0.5, 0.6) is 0 Å². The highest BCUT2D eigenvalue weighted by Gasteiger charge is 2.23. The number of hydrogen-bond acceptors (Lipinski definition) is 6. The van der Waals surface area contributed by atoms with E-state index in [4.69, 9.17) is 4.74 Å². The molecule has 1 N–H and O–H groups in total. The Hall–Kier alpha value is -1.27. The van der Waals surface area contributed by atoms with E-state index in [0.29, 0.717) is 11.4 Å². The zero-order valence-electron chi connectivity index (χ0n) is 11.2. The SMILES string of the molecule is CCOC(=O)c1nc(CNCC2CC2)sc1C(C)=O. The van der Waals surface area contributed by atoms with Crippen molar-refractivity contribution in [2.45, 2.75) is 33.2 Å². The first-order chi connectivity index (χ1) is 9.11. The van der Waals surface area contributed by atoms with Gasteiger partial charge in [-0.05, 0) is 32.2 Å². The van der Waals surface area contributed by atoms with E-state index in [0.717, 1.165) is 17.5 Å². The van der Waals surface area contributed by atoms with Crippen LogP contribution in [0.25, 0.3) is 0 Å². The summed E-state index contributed by atoms with van der Waals surface area (Å²) >= 11 is 1.27. The summed E-state index contributed by atoms with van der Waals surface area (Å²) in [5, 5.41) is 4.06. The number of carbonyl (C=O) groups excluding carboxylic acids is 2. The summed E-state index contributed by atoms with van der Waals surface area (Å²) in [6.07, 6.45) is 2.58. The Balaban J connectivity index is 2.04. The number of ether oxygens (including phenoxy) is 1. The van der Waals surface area contributed by atoms with Gasteiger partial charge in [0.15, 0.2) is 11.5 Å². The topological polar surface area (TPSA) is 68.3 Å². The van der Waals surface area contributed by atoms with Crippen LogP contribution in [-0.2, 0) is 11.3 Å². The van der Waals surface area contributed by atoms with Crippen molar-refractivity contribution in [3.05, 3.63) is 15.6 Å². The van der Waals surface area contributed by atoms with Crippen molar-refractivity contribution in [1.29, 1.82) is 0 Å². The second kappa shape index (κ2) is 6.25. The molecular weight excluding hydrogens is 264 g/mol. The number of carbonyl (C=O) groups is 2. The summed E-state index contributed by atoms with van der Waals surface area (Å²) < 4.78 is 4.92. The average Bonchev–Trinajstić information content (AvgIpc) is 3.07. The molecule has 2 rings (SSSR count). The molecular formula is C13H18N2O3S. The molecule has 1 heterocycles. The van der Waals surface area contributed by atoms with Gasteiger partial charge in [0.25, 0.3) is 0 Å². The Morgan fingerprint density at radius 3 is 2.79 bits per heavy atom. The van der Waals surface area contributed by atoms with Crippen LogP contribution in [0, 0.1) is 5.92 Å². The first-order valence-electron chi connectivity index (χ1n) is 6.50. The van der Waals surface area contributed by atoms with Crippen molar-refractivity contribution in [3.8, 4) is 0 Å². The summed E-state index contributed by atoms with van der Waals surface area (Å²) in [4.78, 5) is 27.9. The van der Waals surface area contributed by atoms with Crippen LogP contribution in [0.4, 0.5) is 0 Å². The Labute approximate surface area is 116 Å². The Morgan fingerprint density at radius 1 is 1.47 bits per heavy atom. The second-order valence-corrected chi connectivity index (χ2v) is 5.72. The highest BCUT2D eigenvalue weighted by Crippen LogP contribution is 2.28. The molecule has 1 saturated carbocycles. The monoisotopic (exact) mass is 282 g/mol. The van der Waals surface area contributed by atoms with Gasteiger partial charge in [-0.1, -0.05) is 0 Å². The summed E-state index contributed by atoms with van der Waals surface area (Å²) in [6.45, 7) is 5.03. The van der Waals surface area contributed by atoms with Crippen LogP contribution in [0.3, 0.4) is 0 Å². The van der Waals surface area contributed by atoms with Gasteiger partial charge in [-0.25, -0.2) is 9.78 Å². The number of ketones is 1. The van der Waals surface area contributed by atoms with Crippen molar-refractivity contribution >= 4 is 23.1 Å². The van der Waals surface area contributed by atoms with Crippen molar-refractivity contribution in [2.75, 3.05) is 13.2 Å². The van der Waals surface area contributed by atoms with Gasteiger partial charge in [-0.2, -0.15) is 0 Å². The van der Waals surface area contributed by atoms with E-state index in [1.165, 1.54) is 31.1 Å². The van der Waals surface area contributed by atoms with E-state index in [1.54, 1.807) is 6.92 Å². The fraction of sp³-hybridized carbons (Fsp3) is 0.615. The van der Waals surface area contributed by atoms with Gasteiger partial charge in [-0.3, -0.25) is 4.79 Å². The van der Waals surface area contributed by atoms with Crippen LogP contribution in [0.2, 0.25) is 0 Å². The lowest BCUT2D eigenvalue weighted by Gasteiger charge is -1.99. The predicted octanol–water partition coefficient (Wildman–Crippen LogP) is 2.02. The van der Waals surface area contributed by atoms with E-state index in [9.17, 15) is 9.59 Å². The van der Waals surface area contributed by atoms with Crippen LogP contribution in [0.15, 0.2) is 0 Å². The van der Waals surface area contributed by atoms with E-state index in [2.05, 4.69) is 10.3 Å². The standard InChI is InChI=1S/C13H18N2O3S/c1-3-18-13(17)11-12(8(2)16)19-10(15-11)7-14-6-9-4-5-9/h9,14H,3-7H2,1-2H3. The molecule has 104 valence electrons. The van der Waals surface area contributed by atoms with E-state index in [-0.39, 0.29) is 18.1 Å². The molecule has 0 spiro atoms. The maximum atomic E-state index is 11.7. The zero-order valence-corrected chi connectivity index (χ0v) is 12.0. The molecule has 0 atom stereocenters. The van der Waals surface area contributed by atoms with Gasteiger partial charge in [0.2, 0.25) is 0 Å². The first-order valence-corrected chi connectivity index (χ1v) is 7.32. The van der Waals surface area contributed by atoms with Crippen molar-refractivity contribution < 1.29 is 14.3 Å². The zero-order chi connectivity index (χ0) is 13.8. The quantitative estimate of drug-likeness (QED) is 0.612. The number of aromatic nitrogens is 1. The Bertz CT molecular complexity index is 480. The summed E-state index contributed by atoms with van der Waals surface area (Å²) in [7, 11) is 0. The smallest absolute Gasteiger partial charge is 0.358 e. The maximum Gasteiger partial charge on any atom is 0.358 e. The molecule has 5 nitrogen and oxygen atoms in total. The number of hydrogen-bond donors (Lipinski definition) is 1. The summed E-state index contributed by atoms with van der Waals surface area (Å²) in [6, 6.07) is 0. The van der Waals surface area contributed by atoms with Gasteiger partial charge in [-0.15, -0.1) is 11.3 Å². The summed E-state index contributed by atoms with van der Waals surface area (Å²) in [5.41, 5.74) is 0.155. The molecule has 0 aliphatic heterocycles. The van der Waals surface area contributed by atoms with Crippen molar-refractivity contribution in [1.82, 2.24) is 10.3 Å². The molecule has 1 aliphatic rings. The van der Waals surface area contributed by atoms with E-state index < -0.39 is 5.97 Å². The average molecular weight is 282 g/mol. The molecule has 0 unspecified atom stereocenters. The van der Waals surface area contributed by atoms with Gasteiger partial charge in [0.1, 0.15) is 9.88 Å². The predicted molar refractivity (Wildman–Crippen MR) is 72.5 cm³/mol. The van der Waals surface area contributed by atoms with Crippen LogP contribution in [0.1, 0.15) is 51.9 Å².